The van der Waals surface area contributed by atoms with E-state index in [4.69, 9.17) is 0 Å². The Balaban J connectivity index is 2.47. The van der Waals surface area contributed by atoms with Gasteiger partial charge in [-0.05, 0) is 25.1 Å². The minimum Gasteiger partial charge on any atom is -0.262 e. The molecule has 2 heterocycles. The van der Waals surface area contributed by atoms with E-state index in [2.05, 4.69) is 22.7 Å². The third-order valence-electron chi connectivity index (χ3n) is 2.15. The van der Waals surface area contributed by atoms with Crippen LogP contribution in [0.5, 0.6) is 0 Å². The largest absolute Gasteiger partial charge is 0.262 e. The molecule has 2 aromatic rings. The van der Waals surface area contributed by atoms with Gasteiger partial charge in [0.05, 0.1) is 17.6 Å². The molecule has 76 valence electrons. The van der Waals surface area contributed by atoms with Crippen molar-refractivity contribution in [2.75, 3.05) is 0 Å². The van der Waals surface area contributed by atoms with Crippen molar-refractivity contribution in [2.45, 2.75) is 13.3 Å². The van der Waals surface area contributed by atoms with Crippen molar-refractivity contribution in [2.24, 2.45) is 0 Å². The van der Waals surface area contributed by atoms with E-state index in [1.165, 1.54) is 0 Å². The van der Waals surface area contributed by atoms with Crippen LogP contribution in [-0.2, 0) is 6.42 Å². The number of hydrogen-bond acceptors (Lipinski definition) is 2. The molecule has 2 rings (SSSR count). The van der Waals surface area contributed by atoms with E-state index in [0.29, 0.717) is 0 Å². The Labute approximate surface area is 89.1 Å². The maximum atomic E-state index is 4.43. The Bertz CT molecular complexity index is 457. The van der Waals surface area contributed by atoms with Crippen LogP contribution in [0.25, 0.3) is 5.69 Å². The first-order chi connectivity index (χ1) is 7.31. The highest BCUT2D eigenvalue weighted by Crippen LogP contribution is 2.11. The van der Waals surface area contributed by atoms with Crippen LogP contribution in [0.1, 0.15) is 11.4 Å². The zero-order chi connectivity index (χ0) is 10.7. The summed E-state index contributed by atoms with van der Waals surface area (Å²) in [6.45, 7) is 5.73. The van der Waals surface area contributed by atoms with Crippen LogP contribution in [0, 0.1) is 6.92 Å². The summed E-state index contributed by atoms with van der Waals surface area (Å²) < 4.78 is 1.91. The van der Waals surface area contributed by atoms with Gasteiger partial charge in [-0.2, -0.15) is 5.10 Å². The van der Waals surface area contributed by atoms with Gasteiger partial charge in [0, 0.05) is 18.3 Å². The fourth-order valence-corrected chi connectivity index (χ4v) is 1.55. The summed E-state index contributed by atoms with van der Waals surface area (Å²) in [5.74, 6) is 0. The zero-order valence-electron chi connectivity index (χ0n) is 8.72. The molecule has 0 aliphatic heterocycles. The van der Waals surface area contributed by atoms with E-state index in [-0.39, 0.29) is 0 Å². The lowest BCUT2D eigenvalue weighted by atomic mass is 10.3. The van der Waals surface area contributed by atoms with Crippen molar-refractivity contribution in [1.29, 1.82) is 0 Å². The van der Waals surface area contributed by atoms with Crippen molar-refractivity contribution in [3.63, 3.8) is 0 Å². The van der Waals surface area contributed by atoms with Gasteiger partial charge in [-0.15, -0.1) is 6.58 Å². The standard InChI is InChI=1S/C12H13N3/c1-3-5-11-8-10(2)14-15(11)12-6-4-7-13-9-12/h3-4,6-9H,1,5H2,2H3. The third kappa shape index (κ3) is 1.96. The summed E-state index contributed by atoms with van der Waals surface area (Å²) in [5.41, 5.74) is 3.13. The van der Waals surface area contributed by atoms with Crippen LogP contribution < -0.4 is 0 Å². The van der Waals surface area contributed by atoms with Gasteiger partial charge in [0.1, 0.15) is 0 Å². The highest BCUT2D eigenvalue weighted by molar-refractivity contribution is 5.31. The fraction of sp³-hybridized carbons (Fsp3) is 0.167. The fourth-order valence-electron chi connectivity index (χ4n) is 1.55. The van der Waals surface area contributed by atoms with Crippen LogP contribution in [0.2, 0.25) is 0 Å². The topological polar surface area (TPSA) is 30.7 Å². The predicted molar refractivity (Wildman–Crippen MR) is 60.0 cm³/mol. The summed E-state index contributed by atoms with van der Waals surface area (Å²) >= 11 is 0. The van der Waals surface area contributed by atoms with Gasteiger partial charge in [0.25, 0.3) is 0 Å². The van der Waals surface area contributed by atoms with Crippen molar-refractivity contribution in [1.82, 2.24) is 14.8 Å². The molecule has 0 aliphatic rings. The monoisotopic (exact) mass is 199 g/mol. The molecule has 0 aromatic carbocycles. The molecule has 0 unspecified atom stereocenters. The molecule has 0 N–H and O–H groups in total. The molecule has 2 aromatic heterocycles. The Hall–Kier alpha value is -1.90. The molecule has 0 saturated carbocycles. The Morgan fingerprint density at radius 2 is 2.40 bits per heavy atom. The van der Waals surface area contributed by atoms with E-state index in [9.17, 15) is 0 Å². The van der Waals surface area contributed by atoms with Crippen LogP contribution in [0.15, 0.2) is 43.2 Å². The maximum Gasteiger partial charge on any atom is 0.0832 e. The van der Waals surface area contributed by atoms with E-state index in [1.54, 1.807) is 12.4 Å². The van der Waals surface area contributed by atoms with Crippen molar-refractivity contribution < 1.29 is 0 Å². The number of allylic oxidation sites excluding steroid dienone is 1. The van der Waals surface area contributed by atoms with Gasteiger partial charge in [0.2, 0.25) is 0 Å². The predicted octanol–water partition coefficient (Wildman–Crippen LogP) is 2.30. The average Bonchev–Trinajstić information content (AvgIpc) is 2.62. The molecule has 0 saturated heterocycles. The van der Waals surface area contributed by atoms with Gasteiger partial charge < -0.3 is 0 Å². The molecule has 3 nitrogen and oxygen atoms in total. The van der Waals surface area contributed by atoms with Gasteiger partial charge in [0.15, 0.2) is 0 Å². The molecule has 0 bridgehead atoms. The first-order valence-electron chi connectivity index (χ1n) is 4.88. The van der Waals surface area contributed by atoms with E-state index in [0.717, 1.165) is 23.5 Å². The van der Waals surface area contributed by atoms with Gasteiger partial charge in [-0.1, -0.05) is 6.08 Å². The smallest absolute Gasteiger partial charge is 0.0832 e. The molecule has 0 radical (unpaired) electrons. The normalized spacial score (nSPS) is 10.2. The summed E-state index contributed by atoms with van der Waals surface area (Å²) in [5, 5.41) is 4.43. The molecule has 15 heavy (non-hydrogen) atoms. The number of hydrogen-bond donors (Lipinski definition) is 0. The van der Waals surface area contributed by atoms with E-state index < -0.39 is 0 Å². The number of pyridine rings is 1. The van der Waals surface area contributed by atoms with Crippen LogP contribution in [0.4, 0.5) is 0 Å². The van der Waals surface area contributed by atoms with Gasteiger partial charge in [-0.25, -0.2) is 4.68 Å². The van der Waals surface area contributed by atoms with Crippen LogP contribution >= 0.6 is 0 Å². The van der Waals surface area contributed by atoms with Crippen molar-refractivity contribution >= 4 is 0 Å². The van der Waals surface area contributed by atoms with E-state index >= 15 is 0 Å². The molecule has 0 amide bonds. The summed E-state index contributed by atoms with van der Waals surface area (Å²) in [6, 6.07) is 5.96. The van der Waals surface area contributed by atoms with Crippen LogP contribution in [-0.4, -0.2) is 14.8 Å². The van der Waals surface area contributed by atoms with E-state index in [1.807, 2.05) is 29.8 Å². The minimum absolute atomic E-state index is 0.815. The zero-order valence-corrected chi connectivity index (χ0v) is 8.72. The molecule has 0 spiro atoms. The molecule has 0 aliphatic carbocycles. The number of rotatable bonds is 3. The number of nitrogens with zero attached hydrogens (tertiary/aromatic N) is 3. The highest BCUT2D eigenvalue weighted by atomic mass is 15.3. The Morgan fingerprint density at radius 1 is 1.53 bits per heavy atom. The second-order valence-electron chi connectivity index (χ2n) is 3.39. The summed E-state index contributed by atoms with van der Waals surface area (Å²) in [4.78, 5) is 4.08. The lowest BCUT2D eigenvalue weighted by molar-refractivity contribution is 0.814. The number of aryl methyl sites for hydroxylation is 1. The summed E-state index contributed by atoms with van der Waals surface area (Å²) in [7, 11) is 0. The SMILES string of the molecule is C=CCc1cc(C)nn1-c1cccnc1. The third-order valence-corrected chi connectivity index (χ3v) is 2.15. The van der Waals surface area contributed by atoms with Crippen LogP contribution in [0.3, 0.4) is 0 Å². The molecule has 0 atom stereocenters. The lowest BCUT2D eigenvalue weighted by Gasteiger charge is -2.04. The first-order valence-corrected chi connectivity index (χ1v) is 4.88. The molecular formula is C12H13N3. The molecular weight excluding hydrogens is 186 g/mol. The lowest BCUT2D eigenvalue weighted by Crippen LogP contribution is -2.01. The second-order valence-corrected chi connectivity index (χ2v) is 3.39. The van der Waals surface area contributed by atoms with Crippen molar-refractivity contribution in [3.05, 3.63) is 54.6 Å². The first kappa shape index (κ1) is 9.65. The Kier molecular flexibility index (Phi) is 2.63. The second kappa shape index (κ2) is 4.09. The molecule has 3 heteroatoms. The van der Waals surface area contributed by atoms with Crippen molar-refractivity contribution in [3.8, 4) is 5.69 Å². The van der Waals surface area contributed by atoms with Gasteiger partial charge in [-0.3, -0.25) is 4.98 Å². The number of aromatic nitrogens is 3. The quantitative estimate of drug-likeness (QED) is 0.710. The van der Waals surface area contributed by atoms with Gasteiger partial charge >= 0.3 is 0 Å². The minimum atomic E-state index is 0.815. The maximum absolute atomic E-state index is 4.43. The highest BCUT2D eigenvalue weighted by Gasteiger charge is 2.05. The average molecular weight is 199 g/mol. The Morgan fingerprint density at radius 3 is 3.07 bits per heavy atom. The molecule has 0 fully saturated rings. The summed E-state index contributed by atoms with van der Waals surface area (Å²) in [6.07, 6.45) is 6.26.